The van der Waals surface area contributed by atoms with Crippen molar-refractivity contribution in [3.8, 4) is 0 Å². The predicted molar refractivity (Wildman–Crippen MR) is 71.3 cm³/mol. The minimum absolute atomic E-state index is 0.177. The maximum atomic E-state index is 12.8. The van der Waals surface area contributed by atoms with Crippen LogP contribution in [0.4, 0.5) is 8.78 Å². The van der Waals surface area contributed by atoms with Crippen molar-refractivity contribution in [2.24, 2.45) is 0 Å². The molecule has 0 aliphatic heterocycles. The zero-order valence-corrected chi connectivity index (χ0v) is 11.7. The highest BCUT2D eigenvalue weighted by atomic mass is 35.5. The molecule has 0 spiro atoms. The fraction of sp³-hybridized carbons (Fsp3) is 0.357. The molecule has 104 valence electrons. The Labute approximate surface area is 116 Å². The molecule has 0 radical (unpaired) electrons. The molecule has 1 aromatic carbocycles. The molecule has 1 aromatic rings. The van der Waals surface area contributed by atoms with E-state index >= 15 is 0 Å². The van der Waals surface area contributed by atoms with Crippen LogP contribution in [0.1, 0.15) is 38.3 Å². The van der Waals surface area contributed by atoms with Crippen molar-refractivity contribution in [1.29, 1.82) is 0 Å². The van der Waals surface area contributed by atoms with Gasteiger partial charge in [-0.1, -0.05) is 17.7 Å². The summed E-state index contributed by atoms with van der Waals surface area (Å²) in [4.78, 5) is 11.5. The van der Waals surface area contributed by atoms with Gasteiger partial charge >= 0.3 is 5.97 Å². The predicted octanol–water partition coefficient (Wildman–Crippen LogP) is 4.63. The van der Waals surface area contributed by atoms with Crippen molar-refractivity contribution < 1.29 is 18.3 Å². The van der Waals surface area contributed by atoms with E-state index in [0.29, 0.717) is 5.02 Å². The SMILES string of the molecule is CC(C)(C)OC(=O)/C=C/c1cc(Cl)ccc1C(F)F. The van der Waals surface area contributed by atoms with Gasteiger partial charge in [-0.2, -0.15) is 0 Å². The number of benzene rings is 1. The second-order valence-corrected chi connectivity index (χ2v) is 5.38. The highest BCUT2D eigenvalue weighted by Crippen LogP contribution is 2.26. The molecule has 0 aromatic heterocycles. The normalized spacial score (nSPS) is 12.2. The lowest BCUT2D eigenvalue weighted by atomic mass is 10.1. The first kappa shape index (κ1) is 15.6. The Kier molecular flexibility index (Phi) is 5.06. The lowest BCUT2D eigenvalue weighted by Crippen LogP contribution is -2.22. The molecule has 1 rings (SSSR count). The smallest absolute Gasteiger partial charge is 0.331 e. The van der Waals surface area contributed by atoms with Gasteiger partial charge in [0.05, 0.1) is 0 Å². The summed E-state index contributed by atoms with van der Waals surface area (Å²) in [7, 11) is 0. The van der Waals surface area contributed by atoms with Gasteiger partial charge in [0.15, 0.2) is 0 Å². The Bertz CT molecular complexity index is 491. The number of ether oxygens (including phenoxy) is 1. The average Bonchev–Trinajstić information content (AvgIpc) is 2.23. The van der Waals surface area contributed by atoms with E-state index in [2.05, 4.69) is 0 Å². The van der Waals surface area contributed by atoms with Gasteiger partial charge in [-0.25, -0.2) is 13.6 Å². The lowest BCUT2D eigenvalue weighted by Gasteiger charge is -2.18. The lowest BCUT2D eigenvalue weighted by molar-refractivity contribution is -0.148. The third kappa shape index (κ3) is 5.39. The Balaban J connectivity index is 2.92. The third-order valence-corrected chi connectivity index (χ3v) is 2.32. The van der Waals surface area contributed by atoms with Gasteiger partial charge in [0.1, 0.15) is 5.60 Å². The number of alkyl halides is 2. The van der Waals surface area contributed by atoms with E-state index in [-0.39, 0.29) is 11.1 Å². The Morgan fingerprint density at radius 2 is 2.00 bits per heavy atom. The molecule has 0 saturated heterocycles. The van der Waals surface area contributed by atoms with Crippen LogP contribution in [0.3, 0.4) is 0 Å². The summed E-state index contributed by atoms with van der Waals surface area (Å²) in [6, 6.07) is 4.00. The van der Waals surface area contributed by atoms with Crippen molar-refractivity contribution in [1.82, 2.24) is 0 Å². The molecular formula is C14H15ClF2O2. The summed E-state index contributed by atoms with van der Waals surface area (Å²) in [6.07, 6.45) is -0.236. The molecule has 0 N–H and O–H groups in total. The first-order valence-electron chi connectivity index (χ1n) is 5.68. The minimum Gasteiger partial charge on any atom is -0.457 e. The molecule has 0 bridgehead atoms. The summed E-state index contributed by atoms with van der Waals surface area (Å²) in [6.45, 7) is 5.17. The number of esters is 1. The molecule has 2 nitrogen and oxygen atoms in total. The zero-order valence-electron chi connectivity index (χ0n) is 10.9. The molecule has 0 unspecified atom stereocenters. The Morgan fingerprint density at radius 3 is 2.53 bits per heavy atom. The molecule has 0 saturated carbocycles. The number of carbonyl (C=O) groups excluding carboxylic acids is 1. The fourth-order valence-electron chi connectivity index (χ4n) is 1.38. The Hall–Kier alpha value is -1.42. The number of halogens is 3. The molecule has 0 atom stereocenters. The van der Waals surface area contributed by atoms with Crippen LogP contribution in [0.15, 0.2) is 24.3 Å². The molecule has 0 aliphatic rings. The fourth-order valence-corrected chi connectivity index (χ4v) is 1.56. The van der Waals surface area contributed by atoms with Crippen LogP contribution < -0.4 is 0 Å². The highest BCUT2D eigenvalue weighted by molar-refractivity contribution is 6.30. The summed E-state index contributed by atoms with van der Waals surface area (Å²) >= 11 is 5.75. The zero-order chi connectivity index (χ0) is 14.6. The van der Waals surface area contributed by atoms with Crippen molar-refractivity contribution in [2.75, 3.05) is 0 Å². The van der Waals surface area contributed by atoms with Crippen LogP contribution >= 0.6 is 11.6 Å². The van der Waals surface area contributed by atoms with E-state index in [1.54, 1.807) is 20.8 Å². The standard InChI is InChI=1S/C14H15ClF2O2/c1-14(2,3)19-12(18)7-4-9-8-10(15)5-6-11(9)13(16)17/h4-8,13H,1-3H3/b7-4+. The van der Waals surface area contributed by atoms with Crippen LogP contribution in [0, 0.1) is 0 Å². The topological polar surface area (TPSA) is 26.3 Å². The molecule has 0 amide bonds. The third-order valence-electron chi connectivity index (χ3n) is 2.09. The van der Waals surface area contributed by atoms with Crippen molar-refractivity contribution >= 4 is 23.6 Å². The van der Waals surface area contributed by atoms with Crippen LogP contribution in [0.5, 0.6) is 0 Å². The van der Waals surface area contributed by atoms with Gasteiger partial charge in [-0.3, -0.25) is 0 Å². The number of hydrogen-bond acceptors (Lipinski definition) is 2. The van der Waals surface area contributed by atoms with Crippen LogP contribution in [-0.4, -0.2) is 11.6 Å². The summed E-state index contributed by atoms with van der Waals surface area (Å²) in [5, 5.41) is 0.327. The van der Waals surface area contributed by atoms with Gasteiger partial charge in [-0.05, 0) is 44.5 Å². The van der Waals surface area contributed by atoms with Crippen LogP contribution in [-0.2, 0) is 9.53 Å². The Morgan fingerprint density at radius 1 is 1.37 bits per heavy atom. The second kappa shape index (κ2) is 6.15. The molecule has 0 fully saturated rings. The molecular weight excluding hydrogens is 274 g/mol. The first-order valence-corrected chi connectivity index (χ1v) is 6.05. The number of hydrogen-bond donors (Lipinski definition) is 0. The van der Waals surface area contributed by atoms with Crippen LogP contribution in [0.25, 0.3) is 6.08 Å². The van der Waals surface area contributed by atoms with E-state index < -0.39 is 18.0 Å². The minimum atomic E-state index is -2.63. The van der Waals surface area contributed by atoms with Gasteiger partial charge in [0.2, 0.25) is 0 Å². The number of rotatable bonds is 3. The molecule has 0 heterocycles. The second-order valence-electron chi connectivity index (χ2n) is 4.94. The maximum absolute atomic E-state index is 12.8. The largest absolute Gasteiger partial charge is 0.457 e. The first-order chi connectivity index (χ1) is 8.69. The van der Waals surface area contributed by atoms with E-state index in [9.17, 15) is 13.6 Å². The highest BCUT2D eigenvalue weighted by Gasteiger charge is 2.15. The quantitative estimate of drug-likeness (QED) is 0.598. The molecule has 5 heteroatoms. The van der Waals surface area contributed by atoms with Gasteiger partial charge in [-0.15, -0.1) is 0 Å². The van der Waals surface area contributed by atoms with Gasteiger partial charge < -0.3 is 4.74 Å². The van der Waals surface area contributed by atoms with Gasteiger partial charge in [0.25, 0.3) is 6.43 Å². The van der Waals surface area contributed by atoms with E-state index in [1.807, 2.05) is 0 Å². The van der Waals surface area contributed by atoms with Crippen molar-refractivity contribution in [3.05, 3.63) is 40.4 Å². The summed E-state index contributed by atoms with van der Waals surface area (Å²) in [5.41, 5.74) is -0.598. The van der Waals surface area contributed by atoms with E-state index in [1.165, 1.54) is 24.3 Å². The van der Waals surface area contributed by atoms with Crippen LogP contribution in [0.2, 0.25) is 5.02 Å². The molecule has 19 heavy (non-hydrogen) atoms. The summed E-state index contributed by atoms with van der Waals surface area (Å²) < 4.78 is 30.6. The summed E-state index contributed by atoms with van der Waals surface area (Å²) in [5.74, 6) is -0.590. The van der Waals surface area contributed by atoms with E-state index in [4.69, 9.17) is 16.3 Å². The average molecular weight is 289 g/mol. The van der Waals surface area contributed by atoms with Crippen molar-refractivity contribution in [2.45, 2.75) is 32.8 Å². The van der Waals surface area contributed by atoms with Gasteiger partial charge in [0, 0.05) is 16.7 Å². The molecule has 0 aliphatic carbocycles. The maximum Gasteiger partial charge on any atom is 0.331 e. The van der Waals surface area contributed by atoms with Crippen molar-refractivity contribution in [3.63, 3.8) is 0 Å². The monoisotopic (exact) mass is 288 g/mol. The van der Waals surface area contributed by atoms with E-state index in [0.717, 1.165) is 6.08 Å². The number of carbonyl (C=O) groups is 1.